The molecule has 0 spiro atoms. The Morgan fingerprint density at radius 2 is 2.21 bits per heavy atom. The number of hydrogen-bond donors (Lipinski definition) is 2. The molecule has 0 aliphatic carbocycles. The van der Waals surface area contributed by atoms with Crippen LogP contribution in [0, 0.1) is 0 Å². The van der Waals surface area contributed by atoms with E-state index in [1.807, 2.05) is 24.7 Å². The SMILES string of the molecule is O[C@H]1CCCN[C@@H]1CCCn1cnc2cc(Cl)cc(-c3cnn(CCF)c3)c21. The molecular formula is C20H25ClFN5O. The first-order chi connectivity index (χ1) is 13.7. The molecule has 3 aromatic rings. The zero-order valence-electron chi connectivity index (χ0n) is 15.7. The van der Waals surface area contributed by atoms with Crippen LogP contribution in [0.15, 0.2) is 30.9 Å². The summed E-state index contributed by atoms with van der Waals surface area (Å²) in [4.78, 5) is 4.52. The lowest BCUT2D eigenvalue weighted by Gasteiger charge is -2.29. The summed E-state index contributed by atoms with van der Waals surface area (Å²) in [5, 5.41) is 18.4. The minimum atomic E-state index is -0.453. The number of nitrogens with zero attached hydrogens (tertiary/aromatic N) is 4. The van der Waals surface area contributed by atoms with Crippen molar-refractivity contribution in [3.63, 3.8) is 0 Å². The lowest BCUT2D eigenvalue weighted by atomic mass is 9.97. The Morgan fingerprint density at radius 1 is 1.32 bits per heavy atom. The van der Waals surface area contributed by atoms with E-state index in [1.165, 1.54) is 0 Å². The molecule has 1 aliphatic heterocycles. The summed E-state index contributed by atoms with van der Waals surface area (Å²) >= 11 is 6.30. The van der Waals surface area contributed by atoms with Crippen LogP contribution in [-0.4, -0.2) is 49.8 Å². The first kappa shape index (κ1) is 19.4. The van der Waals surface area contributed by atoms with E-state index in [4.69, 9.17) is 11.6 Å². The van der Waals surface area contributed by atoms with Crippen molar-refractivity contribution in [2.75, 3.05) is 13.2 Å². The second-order valence-electron chi connectivity index (χ2n) is 7.35. The van der Waals surface area contributed by atoms with Crippen molar-refractivity contribution in [3.05, 3.63) is 35.9 Å². The minimum Gasteiger partial charge on any atom is -0.392 e. The van der Waals surface area contributed by atoms with E-state index in [2.05, 4.69) is 20.0 Å². The van der Waals surface area contributed by atoms with Crippen molar-refractivity contribution in [1.29, 1.82) is 0 Å². The molecule has 6 nitrogen and oxygen atoms in total. The van der Waals surface area contributed by atoms with Gasteiger partial charge in [-0.25, -0.2) is 9.37 Å². The molecule has 1 saturated heterocycles. The Morgan fingerprint density at radius 3 is 3.04 bits per heavy atom. The average Bonchev–Trinajstić information content (AvgIpc) is 3.30. The Balaban J connectivity index is 1.57. The number of aromatic nitrogens is 4. The van der Waals surface area contributed by atoms with Crippen LogP contribution in [0.25, 0.3) is 22.2 Å². The highest BCUT2D eigenvalue weighted by atomic mass is 35.5. The van der Waals surface area contributed by atoms with Gasteiger partial charge in [0.25, 0.3) is 0 Å². The van der Waals surface area contributed by atoms with E-state index in [0.717, 1.165) is 60.9 Å². The molecule has 1 fully saturated rings. The highest BCUT2D eigenvalue weighted by Gasteiger charge is 2.22. The van der Waals surface area contributed by atoms with Crippen molar-refractivity contribution in [3.8, 4) is 11.1 Å². The molecule has 0 saturated carbocycles. The summed E-state index contributed by atoms with van der Waals surface area (Å²) in [6, 6.07) is 3.93. The van der Waals surface area contributed by atoms with Crippen molar-refractivity contribution < 1.29 is 9.50 Å². The number of halogens is 2. The number of rotatable bonds is 7. The van der Waals surface area contributed by atoms with E-state index in [-0.39, 0.29) is 18.7 Å². The van der Waals surface area contributed by atoms with Crippen molar-refractivity contribution >= 4 is 22.6 Å². The number of alkyl halides is 1. The molecule has 4 rings (SSSR count). The van der Waals surface area contributed by atoms with Gasteiger partial charge in [0.2, 0.25) is 0 Å². The van der Waals surface area contributed by atoms with Crippen LogP contribution >= 0.6 is 11.6 Å². The highest BCUT2D eigenvalue weighted by molar-refractivity contribution is 6.31. The van der Waals surface area contributed by atoms with Crippen LogP contribution in [0.5, 0.6) is 0 Å². The Kier molecular flexibility index (Phi) is 5.94. The number of aliphatic hydroxyl groups is 1. The van der Waals surface area contributed by atoms with Gasteiger partial charge in [-0.05, 0) is 44.4 Å². The maximum atomic E-state index is 12.6. The van der Waals surface area contributed by atoms with E-state index in [1.54, 1.807) is 10.9 Å². The molecule has 1 aromatic carbocycles. The Bertz CT molecular complexity index is 940. The number of imidazole rings is 1. The fourth-order valence-electron chi connectivity index (χ4n) is 3.99. The number of piperidine rings is 1. The van der Waals surface area contributed by atoms with E-state index in [0.29, 0.717) is 5.02 Å². The number of benzene rings is 1. The average molecular weight is 406 g/mol. The van der Waals surface area contributed by atoms with Gasteiger partial charge in [0.15, 0.2) is 0 Å². The van der Waals surface area contributed by atoms with Gasteiger partial charge in [-0.2, -0.15) is 5.10 Å². The summed E-state index contributed by atoms with van der Waals surface area (Å²) in [6.07, 6.45) is 8.90. The zero-order valence-corrected chi connectivity index (χ0v) is 16.4. The van der Waals surface area contributed by atoms with Gasteiger partial charge in [-0.3, -0.25) is 4.68 Å². The minimum absolute atomic E-state index is 0.163. The van der Waals surface area contributed by atoms with Crippen LogP contribution < -0.4 is 5.32 Å². The number of fused-ring (bicyclic) bond motifs is 1. The first-order valence-corrected chi connectivity index (χ1v) is 10.2. The van der Waals surface area contributed by atoms with E-state index in [9.17, 15) is 9.50 Å². The summed E-state index contributed by atoms with van der Waals surface area (Å²) in [7, 11) is 0. The topological polar surface area (TPSA) is 67.9 Å². The maximum Gasteiger partial charge on any atom is 0.109 e. The van der Waals surface area contributed by atoms with Gasteiger partial charge in [0.1, 0.15) is 6.67 Å². The van der Waals surface area contributed by atoms with Gasteiger partial charge in [-0.15, -0.1) is 0 Å². The molecule has 0 bridgehead atoms. The lowest BCUT2D eigenvalue weighted by molar-refractivity contribution is 0.0909. The molecule has 2 atom stereocenters. The molecule has 8 heteroatoms. The standard InChI is InChI=1S/C20H25ClFN5O/c21-15-9-16(14-11-25-27(12-14)8-5-22)20-18(10-15)24-13-26(20)7-2-3-17-19(28)4-1-6-23-17/h9-13,17,19,23,28H,1-8H2/t17-,19+/m1/s1. The Labute approximate surface area is 168 Å². The highest BCUT2D eigenvalue weighted by Crippen LogP contribution is 2.32. The van der Waals surface area contributed by atoms with Gasteiger partial charge >= 0.3 is 0 Å². The molecule has 2 aromatic heterocycles. The predicted octanol–water partition coefficient (Wildman–Crippen LogP) is 3.42. The molecule has 0 unspecified atom stereocenters. The van der Waals surface area contributed by atoms with Crippen LogP contribution in [0.3, 0.4) is 0 Å². The quantitative estimate of drug-likeness (QED) is 0.632. The van der Waals surface area contributed by atoms with Crippen molar-refractivity contribution in [1.82, 2.24) is 24.6 Å². The van der Waals surface area contributed by atoms with Crippen LogP contribution in [0.4, 0.5) is 4.39 Å². The van der Waals surface area contributed by atoms with Gasteiger partial charge in [0, 0.05) is 34.9 Å². The third-order valence-electron chi connectivity index (χ3n) is 5.40. The summed E-state index contributed by atoms with van der Waals surface area (Å²) in [5.41, 5.74) is 3.67. The van der Waals surface area contributed by atoms with E-state index < -0.39 is 6.67 Å². The summed E-state index contributed by atoms with van der Waals surface area (Å²) < 4.78 is 16.3. The fraction of sp³-hybridized carbons (Fsp3) is 0.500. The predicted molar refractivity (Wildman–Crippen MR) is 108 cm³/mol. The molecule has 28 heavy (non-hydrogen) atoms. The number of aryl methyl sites for hydroxylation is 2. The number of hydrogen-bond acceptors (Lipinski definition) is 4. The van der Waals surface area contributed by atoms with E-state index >= 15 is 0 Å². The molecule has 0 amide bonds. The smallest absolute Gasteiger partial charge is 0.109 e. The van der Waals surface area contributed by atoms with Crippen LogP contribution in [-0.2, 0) is 13.1 Å². The van der Waals surface area contributed by atoms with Gasteiger partial charge < -0.3 is 15.0 Å². The third-order valence-corrected chi connectivity index (χ3v) is 5.62. The van der Waals surface area contributed by atoms with Gasteiger partial charge in [-0.1, -0.05) is 11.6 Å². The monoisotopic (exact) mass is 405 g/mol. The molecule has 1 aliphatic rings. The Hall–Kier alpha value is -1.96. The normalized spacial score (nSPS) is 20.1. The molecule has 2 N–H and O–H groups in total. The third kappa shape index (κ3) is 4.06. The summed E-state index contributed by atoms with van der Waals surface area (Å²) in [5.74, 6) is 0. The second-order valence-corrected chi connectivity index (χ2v) is 7.79. The number of nitrogens with one attached hydrogen (secondary N) is 1. The zero-order chi connectivity index (χ0) is 19.5. The number of aliphatic hydroxyl groups excluding tert-OH is 1. The maximum absolute atomic E-state index is 12.6. The second kappa shape index (κ2) is 8.59. The molecule has 0 radical (unpaired) electrons. The van der Waals surface area contributed by atoms with Crippen molar-refractivity contribution in [2.45, 2.75) is 50.9 Å². The van der Waals surface area contributed by atoms with Crippen LogP contribution in [0.2, 0.25) is 5.02 Å². The van der Waals surface area contributed by atoms with Crippen LogP contribution in [0.1, 0.15) is 25.7 Å². The molecule has 3 heterocycles. The van der Waals surface area contributed by atoms with Crippen molar-refractivity contribution in [2.24, 2.45) is 0 Å². The van der Waals surface area contributed by atoms with Gasteiger partial charge in [0.05, 0.1) is 36.2 Å². The fourth-order valence-corrected chi connectivity index (χ4v) is 4.20. The molecule has 150 valence electrons. The lowest BCUT2D eigenvalue weighted by Crippen LogP contribution is -2.44. The summed E-state index contributed by atoms with van der Waals surface area (Å²) in [6.45, 7) is 1.56. The first-order valence-electron chi connectivity index (χ1n) is 9.80. The largest absolute Gasteiger partial charge is 0.392 e. The molecular weight excluding hydrogens is 381 g/mol.